The molecule has 5 nitrogen and oxygen atoms in total. The molecule has 104 valence electrons. The number of benzene rings is 1. The number of anilines is 1. The fraction of sp³-hybridized carbons (Fsp3) is 0.500. The molecular weight excluding hydrogens is 244 g/mol. The molecule has 3 N–H and O–H groups in total. The Labute approximate surface area is 113 Å². The molecule has 1 saturated heterocycles. The number of primary amides is 1. The molecule has 1 aliphatic heterocycles. The monoisotopic (exact) mass is 264 g/mol. The molecule has 0 saturated carbocycles. The van der Waals surface area contributed by atoms with Crippen LogP contribution in [0.25, 0.3) is 0 Å². The predicted molar refractivity (Wildman–Crippen MR) is 73.1 cm³/mol. The van der Waals surface area contributed by atoms with Crippen LogP contribution in [0.15, 0.2) is 24.3 Å². The van der Waals surface area contributed by atoms with Crippen LogP contribution in [-0.2, 0) is 9.53 Å². The molecule has 1 aliphatic rings. The minimum absolute atomic E-state index is 0.0947. The Morgan fingerprint density at radius 3 is 2.84 bits per heavy atom. The van der Waals surface area contributed by atoms with Crippen LogP contribution < -0.4 is 15.8 Å². The van der Waals surface area contributed by atoms with E-state index in [1.54, 1.807) is 0 Å². The van der Waals surface area contributed by atoms with E-state index in [0.29, 0.717) is 17.7 Å². The van der Waals surface area contributed by atoms with E-state index in [1.165, 1.54) is 0 Å². The summed E-state index contributed by atoms with van der Waals surface area (Å²) in [5.41, 5.74) is 6.05. The lowest BCUT2D eigenvalue weighted by molar-refractivity contribution is -0.119. The van der Waals surface area contributed by atoms with Crippen LogP contribution in [0.4, 0.5) is 5.69 Å². The summed E-state index contributed by atoms with van der Waals surface area (Å²) >= 11 is 0. The van der Waals surface area contributed by atoms with Gasteiger partial charge in [-0.25, -0.2) is 0 Å². The van der Waals surface area contributed by atoms with Crippen molar-refractivity contribution in [2.75, 3.05) is 25.1 Å². The first kappa shape index (κ1) is 13.7. The number of hydrogen-bond donors (Lipinski definition) is 2. The van der Waals surface area contributed by atoms with Crippen molar-refractivity contribution in [3.8, 4) is 5.75 Å². The quantitative estimate of drug-likeness (QED) is 0.814. The minimum atomic E-state index is -0.475. The zero-order valence-electron chi connectivity index (χ0n) is 11.1. The molecule has 1 fully saturated rings. The molecule has 0 spiro atoms. The van der Waals surface area contributed by atoms with Gasteiger partial charge in [-0.05, 0) is 37.6 Å². The average molecular weight is 264 g/mol. The molecule has 0 radical (unpaired) electrons. The fourth-order valence-corrected chi connectivity index (χ4v) is 2.13. The number of rotatable bonds is 6. The Morgan fingerprint density at radius 2 is 2.26 bits per heavy atom. The van der Waals surface area contributed by atoms with Gasteiger partial charge in [0.25, 0.3) is 5.91 Å². The molecule has 2 unspecified atom stereocenters. The van der Waals surface area contributed by atoms with Crippen LogP contribution in [0.5, 0.6) is 5.75 Å². The lowest BCUT2D eigenvalue weighted by Gasteiger charge is -2.20. The summed E-state index contributed by atoms with van der Waals surface area (Å²) in [4.78, 5) is 10.6. The number of nitrogens with two attached hydrogens (primary N) is 1. The van der Waals surface area contributed by atoms with E-state index in [9.17, 15) is 4.79 Å². The highest BCUT2D eigenvalue weighted by atomic mass is 16.5. The van der Waals surface area contributed by atoms with Gasteiger partial charge >= 0.3 is 0 Å². The van der Waals surface area contributed by atoms with Gasteiger partial charge in [-0.1, -0.05) is 0 Å². The third kappa shape index (κ3) is 4.13. The third-order valence-corrected chi connectivity index (χ3v) is 3.30. The van der Waals surface area contributed by atoms with Crippen molar-refractivity contribution in [1.29, 1.82) is 0 Å². The van der Waals surface area contributed by atoms with Crippen LogP contribution >= 0.6 is 0 Å². The highest BCUT2D eigenvalue weighted by Gasteiger charge is 2.21. The summed E-state index contributed by atoms with van der Waals surface area (Å²) in [6, 6.07) is 7.89. The molecular formula is C14H20N2O3. The summed E-state index contributed by atoms with van der Waals surface area (Å²) in [5.74, 6) is 0.726. The zero-order chi connectivity index (χ0) is 13.7. The van der Waals surface area contributed by atoms with Crippen molar-refractivity contribution in [3.63, 3.8) is 0 Å². The van der Waals surface area contributed by atoms with Crippen molar-refractivity contribution in [2.45, 2.75) is 19.4 Å². The van der Waals surface area contributed by atoms with E-state index in [0.717, 1.165) is 25.3 Å². The van der Waals surface area contributed by atoms with Gasteiger partial charge in [0, 0.05) is 24.3 Å². The predicted octanol–water partition coefficient (Wildman–Crippen LogP) is 1.39. The van der Waals surface area contributed by atoms with E-state index in [1.807, 2.05) is 24.3 Å². The van der Waals surface area contributed by atoms with E-state index in [4.69, 9.17) is 15.2 Å². The first-order valence-electron chi connectivity index (χ1n) is 6.50. The maximum Gasteiger partial charge on any atom is 0.255 e. The molecule has 2 rings (SSSR count). The summed E-state index contributed by atoms with van der Waals surface area (Å²) in [7, 11) is 0. The highest BCUT2D eigenvalue weighted by molar-refractivity contribution is 5.75. The fourth-order valence-electron chi connectivity index (χ4n) is 2.13. The Balaban J connectivity index is 1.85. The van der Waals surface area contributed by atoms with Crippen LogP contribution in [0.3, 0.4) is 0 Å². The number of hydrogen-bond acceptors (Lipinski definition) is 4. The van der Waals surface area contributed by atoms with Gasteiger partial charge < -0.3 is 20.5 Å². The van der Waals surface area contributed by atoms with Gasteiger partial charge in [-0.3, -0.25) is 4.79 Å². The third-order valence-electron chi connectivity index (χ3n) is 3.30. The van der Waals surface area contributed by atoms with Crippen LogP contribution in [-0.4, -0.2) is 31.8 Å². The smallest absolute Gasteiger partial charge is 0.255 e. The van der Waals surface area contributed by atoms with Crippen LogP contribution in [0.2, 0.25) is 0 Å². The SMILES string of the molecule is CC(Nc1ccc(OCC(N)=O)cc1)C1CCOC1. The van der Waals surface area contributed by atoms with E-state index < -0.39 is 5.91 Å². The highest BCUT2D eigenvalue weighted by Crippen LogP contribution is 2.21. The molecule has 1 aromatic rings. The first-order valence-corrected chi connectivity index (χ1v) is 6.50. The molecule has 19 heavy (non-hydrogen) atoms. The van der Waals surface area contributed by atoms with E-state index in [-0.39, 0.29) is 6.61 Å². The van der Waals surface area contributed by atoms with Crippen LogP contribution in [0.1, 0.15) is 13.3 Å². The minimum Gasteiger partial charge on any atom is -0.484 e. The Hall–Kier alpha value is -1.75. The normalized spacial score (nSPS) is 19.9. The van der Waals surface area contributed by atoms with E-state index >= 15 is 0 Å². The first-order chi connectivity index (χ1) is 9.15. The lowest BCUT2D eigenvalue weighted by atomic mass is 10.0. The van der Waals surface area contributed by atoms with Crippen molar-refractivity contribution >= 4 is 11.6 Å². The Bertz CT molecular complexity index is 413. The number of amides is 1. The van der Waals surface area contributed by atoms with Crippen molar-refractivity contribution < 1.29 is 14.3 Å². The maximum absolute atomic E-state index is 10.6. The van der Waals surface area contributed by atoms with Gasteiger partial charge in [-0.15, -0.1) is 0 Å². The lowest BCUT2D eigenvalue weighted by Crippen LogP contribution is -2.26. The number of nitrogens with one attached hydrogen (secondary N) is 1. The Morgan fingerprint density at radius 1 is 1.53 bits per heavy atom. The second-order valence-electron chi connectivity index (χ2n) is 4.84. The summed E-state index contributed by atoms with van der Waals surface area (Å²) in [5, 5.41) is 3.45. The molecule has 1 heterocycles. The molecule has 0 bridgehead atoms. The second-order valence-corrected chi connectivity index (χ2v) is 4.84. The topological polar surface area (TPSA) is 73.6 Å². The Kier molecular flexibility index (Phi) is 4.63. The summed E-state index contributed by atoms with van der Waals surface area (Å²) in [6.07, 6.45) is 1.11. The van der Waals surface area contributed by atoms with Gasteiger partial charge in [0.05, 0.1) is 6.61 Å². The van der Waals surface area contributed by atoms with Gasteiger partial charge in [0.1, 0.15) is 5.75 Å². The maximum atomic E-state index is 10.6. The van der Waals surface area contributed by atoms with Crippen molar-refractivity contribution in [3.05, 3.63) is 24.3 Å². The molecule has 1 amide bonds. The summed E-state index contributed by atoms with van der Waals surface area (Å²) in [6.45, 7) is 3.75. The van der Waals surface area contributed by atoms with Crippen molar-refractivity contribution in [1.82, 2.24) is 0 Å². The second kappa shape index (κ2) is 6.43. The number of carbonyl (C=O) groups is 1. The molecule has 0 aromatic heterocycles. The van der Waals surface area contributed by atoms with Gasteiger partial charge in [0.2, 0.25) is 0 Å². The average Bonchev–Trinajstić information content (AvgIpc) is 2.92. The standard InChI is InChI=1S/C14H20N2O3/c1-10(11-6-7-18-8-11)16-12-2-4-13(5-3-12)19-9-14(15)17/h2-5,10-11,16H,6-9H2,1H3,(H2,15,17). The molecule has 2 atom stereocenters. The molecule has 1 aromatic carbocycles. The largest absolute Gasteiger partial charge is 0.484 e. The van der Waals surface area contributed by atoms with Gasteiger partial charge in [-0.2, -0.15) is 0 Å². The van der Waals surface area contributed by atoms with Gasteiger partial charge in [0.15, 0.2) is 6.61 Å². The van der Waals surface area contributed by atoms with E-state index in [2.05, 4.69) is 12.2 Å². The van der Waals surface area contributed by atoms with Crippen molar-refractivity contribution in [2.24, 2.45) is 11.7 Å². The molecule has 5 heteroatoms. The number of ether oxygens (including phenoxy) is 2. The van der Waals surface area contributed by atoms with Crippen LogP contribution in [0, 0.1) is 5.92 Å². The number of carbonyl (C=O) groups excluding carboxylic acids is 1. The molecule has 0 aliphatic carbocycles. The summed E-state index contributed by atoms with van der Waals surface area (Å²) < 4.78 is 10.6. The zero-order valence-corrected chi connectivity index (χ0v) is 11.1.